The second-order valence-corrected chi connectivity index (χ2v) is 5.19. The van der Waals surface area contributed by atoms with Crippen LogP contribution in [0.1, 0.15) is 11.7 Å². The van der Waals surface area contributed by atoms with Crippen LogP contribution >= 0.6 is 0 Å². The molecule has 1 aliphatic rings. The Morgan fingerprint density at radius 3 is 3.05 bits per heavy atom. The summed E-state index contributed by atoms with van der Waals surface area (Å²) in [6.45, 7) is 1.95. The molecule has 1 aromatic carbocycles. The Morgan fingerprint density at radius 2 is 2.14 bits per heavy atom. The molecule has 2 aromatic heterocycles. The first-order valence-corrected chi connectivity index (χ1v) is 7.13. The molecule has 0 aliphatic carbocycles. The maximum atomic E-state index is 9.63. The Bertz CT molecular complexity index is 803. The van der Waals surface area contributed by atoms with Crippen LogP contribution in [0.25, 0.3) is 5.65 Å². The minimum atomic E-state index is -0.114. The molecule has 1 atom stereocenters. The molecule has 3 aromatic rings. The summed E-state index contributed by atoms with van der Waals surface area (Å²) in [6, 6.07) is 10.9. The lowest BCUT2D eigenvalue weighted by Gasteiger charge is -2.32. The number of ether oxygens (including phenoxy) is 1. The Kier molecular flexibility index (Phi) is 3.12. The number of fused-ring (bicyclic) bond motifs is 1. The fourth-order valence-corrected chi connectivity index (χ4v) is 2.69. The molecule has 0 spiro atoms. The minimum Gasteiger partial charge on any atom is -0.508 e. The van der Waals surface area contributed by atoms with Gasteiger partial charge in [-0.3, -0.25) is 0 Å². The predicted octanol–water partition coefficient (Wildman–Crippen LogP) is 1.41. The van der Waals surface area contributed by atoms with Crippen LogP contribution in [0, 0.1) is 0 Å². The first-order chi connectivity index (χ1) is 10.8. The van der Waals surface area contributed by atoms with Gasteiger partial charge in [-0.15, -0.1) is 10.2 Å². The van der Waals surface area contributed by atoms with Crippen molar-refractivity contribution in [2.24, 2.45) is 0 Å². The topological polar surface area (TPSA) is 75.8 Å². The Morgan fingerprint density at radius 1 is 1.18 bits per heavy atom. The fourth-order valence-electron chi connectivity index (χ4n) is 2.69. The summed E-state index contributed by atoms with van der Waals surface area (Å²) in [4.78, 5) is 2.10. The summed E-state index contributed by atoms with van der Waals surface area (Å²) < 4.78 is 7.56. The number of morpholine rings is 1. The molecule has 0 amide bonds. The maximum absolute atomic E-state index is 9.63. The van der Waals surface area contributed by atoms with E-state index in [-0.39, 0.29) is 11.9 Å². The van der Waals surface area contributed by atoms with Crippen molar-refractivity contribution in [1.82, 2.24) is 19.8 Å². The quantitative estimate of drug-likeness (QED) is 0.770. The Balaban J connectivity index is 1.63. The summed E-state index contributed by atoms with van der Waals surface area (Å²) >= 11 is 0. The van der Waals surface area contributed by atoms with Gasteiger partial charge in [0.05, 0.1) is 13.2 Å². The highest BCUT2D eigenvalue weighted by Gasteiger charge is 2.25. The summed E-state index contributed by atoms with van der Waals surface area (Å²) in [7, 11) is 0. The van der Waals surface area contributed by atoms with Crippen molar-refractivity contribution in [2.45, 2.75) is 6.10 Å². The number of phenolic OH excluding ortho intramolecular Hbond substituents is 1. The molecule has 1 fully saturated rings. The zero-order valence-corrected chi connectivity index (χ0v) is 11.8. The molecule has 7 heteroatoms. The SMILES string of the molecule is Oc1cccc(C2CN(c3nnc4cccnn34)CCO2)c1. The molecule has 1 unspecified atom stereocenters. The second kappa shape index (κ2) is 5.27. The fraction of sp³-hybridized carbons (Fsp3) is 0.267. The monoisotopic (exact) mass is 297 g/mol. The largest absolute Gasteiger partial charge is 0.508 e. The van der Waals surface area contributed by atoms with E-state index >= 15 is 0 Å². The zero-order chi connectivity index (χ0) is 14.9. The lowest BCUT2D eigenvalue weighted by molar-refractivity contribution is 0.0390. The third-order valence-electron chi connectivity index (χ3n) is 3.75. The second-order valence-electron chi connectivity index (χ2n) is 5.19. The molecule has 1 aliphatic heterocycles. The van der Waals surface area contributed by atoms with Crippen molar-refractivity contribution in [3.8, 4) is 5.75 Å². The standard InChI is InChI=1S/C15H15N5O2/c21-12-4-1-3-11(9-12)13-10-19(7-8-22-13)15-18-17-14-5-2-6-16-20(14)15/h1-6,9,13,21H,7-8,10H2. The third-order valence-corrected chi connectivity index (χ3v) is 3.75. The molecule has 0 saturated carbocycles. The van der Waals surface area contributed by atoms with Gasteiger partial charge < -0.3 is 14.7 Å². The summed E-state index contributed by atoms with van der Waals surface area (Å²) in [5.74, 6) is 0.955. The molecule has 22 heavy (non-hydrogen) atoms. The highest BCUT2D eigenvalue weighted by atomic mass is 16.5. The highest BCUT2D eigenvalue weighted by molar-refractivity contribution is 5.45. The predicted molar refractivity (Wildman–Crippen MR) is 79.8 cm³/mol. The molecular formula is C15H15N5O2. The van der Waals surface area contributed by atoms with E-state index in [4.69, 9.17) is 4.74 Å². The Hall–Kier alpha value is -2.67. The normalized spacial score (nSPS) is 18.7. The molecule has 0 radical (unpaired) electrons. The summed E-state index contributed by atoms with van der Waals surface area (Å²) in [5, 5.41) is 22.3. The van der Waals surface area contributed by atoms with Crippen LogP contribution in [-0.2, 0) is 4.74 Å². The van der Waals surface area contributed by atoms with E-state index in [1.165, 1.54) is 0 Å². The van der Waals surface area contributed by atoms with Crippen molar-refractivity contribution in [3.05, 3.63) is 48.2 Å². The van der Waals surface area contributed by atoms with Gasteiger partial charge in [0, 0.05) is 12.7 Å². The molecule has 3 heterocycles. The first kappa shape index (κ1) is 13.0. The van der Waals surface area contributed by atoms with E-state index < -0.39 is 0 Å². The van der Waals surface area contributed by atoms with Gasteiger partial charge in [0.2, 0.25) is 5.95 Å². The van der Waals surface area contributed by atoms with Gasteiger partial charge in [-0.05, 0) is 29.8 Å². The van der Waals surface area contributed by atoms with E-state index in [2.05, 4.69) is 20.2 Å². The van der Waals surface area contributed by atoms with Crippen LogP contribution in [0.2, 0.25) is 0 Å². The van der Waals surface area contributed by atoms with Crippen LogP contribution in [0.5, 0.6) is 5.75 Å². The number of aromatic hydroxyl groups is 1. The van der Waals surface area contributed by atoms with E-state index in [0.717, 1.165) is 17.8 Å². The van der Waals surface area contributed by atoms with Gasteiger partial charge in [-0.1, -0.05) is 12.1 Å². The molecule has 1 N–H and O–H groups in total. The number of rotatable bonds is 2. The summed E-state index contributed by atoms with van der Waals surface area (Å²) in [6.07, 6.45) is 1.60. The number of nitrogens with zero attached hydrogens (tertiary/aromatic N) is 5. The van der Waals surface area contributed by atoms with Crippen molar-refractivity contribution in [2.75, 3.05) is 24.6 Å². The van der Waals surface area contributed by atoms with Crippen LogP contribution < -0.4 is 4.90 Å². The molecular weight excluding hydrogens is 282 g/mol. The average Bonchev–Trinajstić information content (AvgIpc) is 2.99. The van der Waals surface area contributed by atoms with Gasteiger partial charge >= 0.3 is 0 Å². The van der Waals surface area contributed by atoms with Crippen LogP contribution in [0.4, 0.5) is 5.95 Å². The van der Waals surface area contributed by atoms with Crippen molar-refractivity contribution < 1.29 is 9.84 Å². The van der Waals surface area contributed by atoms with Crippen LogP contribution in [-0.4, -0.2) is 44.6 Å². The number of anilines is 1. The zero-order valence-electron chi connectivity index (χ0n) is 11.8. The van der Waals surface area contributed by atoms with Gasteiger partial charge in [-0.2, -0.15) is 9.61 Å². The molecule has 7 nitrogen and oxygen atoms in total. The van der Waals surface area contributed by atoms with Crippen LogP contribution in [0.15, 0.2) is 42.6 Å². The van der Waals surface area contributed by atoms with Gasteiger partial charge in [0.1, 0.15) is 11.9 Å². The smallest absolute Gasteiger partial charge is 0.248 e. The first-order valence-electron chi connectivity index (χ1n) is 7.13. The number of benzene rings is 1. The van der Waals surface area contributed by atoms with E-state index in [1.54, 1.807) is 22.8 Å². The van der Waals surface area contributed by atoms with Gasteiger partial charge in [0.15, 0.2) is 5.65 Å². The highest BCUT2D eigenvalue weighted by Crippen LogP contribution is 2.27. The molecule has 1 saturated heterocycles. The van der Waals surface area contributed by atoms with E-state index in [9.17, 15) is 5.11 Å². The van der Waals surface area contributed by atoms with Gasteiger partial charge in [-0.25, -0.2) is 0 Å². The van der Waals surface area contributed by atoms with Crippen molar-refractivity contribution >= 4 is 11.6 Å². The number of phenols is 1. The number of aromatic nitrogens is 4. The average molecular weight is 297 g/mol. The summed E-state index contributed by atoms with van der Waals surface area (Å²) in [5.41, 5.74) is 1.67. The molecule has 4 rings (SSSR count). The third kappa shape index (κ3) is 2.25. The minimum absolute atomic E-state index is 0.114. The van der Waals surface area contributed by atoms with Crippen LogP contribution in [0.3, 0.4) is 0 Å². The van der Waals surface area contributed by atoms with E-state index in [1.807, 2.05) is 24.3 Å². The Labute approximate surface area is 126 Å². The number of hydrogen-bond acceptors (Lipinski definition) is 6. The molecule has 112 valence electrons. The van der Waals surface area contributed by atoms with E-state index in [0.29, 0.717) is 19.1 Å². The molecule has 0 bridgehead atoms. The number of hydrogen-bond donors (Lipinski definition) is 1. The lowest BCUT2D eigenvalue weighted by atomic mass is 10.1. The lowest BCUT2D eigenvalue weighted by Crippen LogP contribution is -2.39. The van der Waals surface area contributed by atoms with Crippen molar-refractivity contribution in [3.63, 3.8) is 0 Å². The van der Waals surface area contributed by atoms with Gasteiger partial charge in [0.25, 0.3) is 0 Å². The van der Waals surface area contributed by atoms with Crippen molar-refractivity contribution in [1.29, 1.82) is 0 Å². The maximum Gasteiger partial charge on any atom is 0.248 e.